The Labute approximate surface area is 116 Å². The molecule has 1 amide bonds. The van der Waals surface area contributed by atoms with Crippen LogP contribution in [0.4, 0.5) is 0 Å². The van der Waals surface area contributed by atoms with E-state index in [2.05, 4.69) is 46.5 Å². The molecule has 0 aromatic carbocycles. The van der Waals surface area contributed by atoms with E-state index in [1.165, 1.54) is 5.57 Å². The van der Waals surface area contributed by atoms with E-state index >= 15 is 0 Å². The van der Waals surface area contributed by atoms with Gasteiger partial charge >= 0.3 is 0 Å². The molecule has 0 saturated heterocycles. The van der Waals surface area contributed by atoms with Crippen LogP contribution in [0.15, 0.2) is 16.3 Å². The summed E-state index contributed by atoms with van der Waals surface area (Å²) in [6, 6.07) is 0. The number of nitrogens with zero attached hydrogens (tertiary/aromatic N) is 2. The standard InChI is InChI=1S/C16H26N2O/c1-15(2,3)13-11-7-9-17-12(11)8-10-18(14(13)19)16(4,5)6/h9,13H,7-8,10H2,1-6H3. The highest BCUT2D eigenvalue weighted by molar-refractivity contribution is 5.86. The first-order valence-corrected chi connectivity index (χ1v) is 7.18. The average molecular weight is 262 g/mol. The van der Waals surface area contributed by atoms with Gasteiger partial charge in [0.25, 0.3) is 0 Å². The minimum absolute atomic E-state index is 0.0354. The van der Waals surface area contributed by atoms with E-state index in [0.717, 1.165) is 25.1 Å². The Bertz CT molecular complexity index is 446. The zero-order valence-corrected chi connectivity index (χ0v) is 13.1. The molecule has 2 aliphatic rings. The van der Waals surface area contributed by atoms with Crippen molar-refractivity contribution in [1.82, 2.24) is 4.90 Å². The maximum absolute atomic E-state index is 13.0. The lowest BCUT2D eigenvalue weighted by atomic mass is 9.74. The van der Waals surface area contributed by atoms with Crippen molar-refractivity contribution in [2.45, 2.75) is 59.9 Å². The third-order valence-electron chi connectivity index (χ3n) is 4.04. The topological polar surface area (TPSA) is 32.7 Å². The van der Waals surface area contributed by atoms with Gasteiger partial charge in [0.15, 0.2) is 0 Å². The van der Waals surface area contributed by atoms with Gasteiger partial charge in [-0.1, -0.05) is 20.8 Å². The SMILES string of the molecule is CC(C)(C)C1C(=O)N(C(C)(C)C)CCC2=C1CC=N2. The molecule has 0 N–H and O–H groups in total. The highest BCUT2D eigenvalue weighted by atomic mass is 16.2. The lowest BCUT2D eigenvalue weighted by molar-refractivity contribution is -0.141. The number of aliphatic imine (C=N–C) groups is 1. The molecule has 106 valence electrons. The summed E-state index contributed by atoms with van der Waals surface area (Å²) >= 11 is 0. The van der Waals surface area contributed by atoms with Crippen molar-refractivity contribution in [2.75, 3.05) is 6.54 Å². The van der Waals surface area contributed by atoms with E-state index in [-0.39, 0.29) is 22.8 Å². The zero-order valence-electron chi connectivity index (χ0n) is 13.1. The van der Waals surface area contributed by atoms with Crippen molar-refractivity contribution in [3.8, 4) is 0 Å². The maximum Gasteiger partial charge on any atom is 0.230 e. The van der Waals surface area contributed by atoms with Crippen LogP contribution in [0.3, 0.4) is 0 Å². The summed E-state index contributed by atoms with van der Waals surface area (Å²) in [6.45, 7) is 13.6. The summed E-state index contributed by atoms with van der Waals surface area (Å²) in [6.07, 6.45) is 3.70. The first kappa shape index (κ1) is 14.3. The first-order chi connectivity index (χ1) is 8.62. The van der Waals surface area contributed by atoms with Crippen LogP contribution in [-0.4, -0.2) is 29.1 Å². The predicted octanol–water partition coefficient (Wildman–Crippen LogP) is 3.41. The molecule has 0 bridgehead atoms. The Balaban J connectivity index is 2.44. The minimum Gasteiger partial charge on any atom is -0.337 e. The van der Waals surface area contributed by atoms with Crippen LogP contribution in [0, 0.1) is 11.3 Å². The van der Waals surface area contributed by atoms with E-state index in [1.54, 1.807) is 0 Å². The van der Waals surface area contributed by atoms with E-state index in [9.17, 15) is 4.79 Å². The lowest BCUT2D eigenvalue weighted by Crippen LogP contribution is -2.50. The highest BCUT2D eigenvalue weighted by Crippen LogP contribution is 2.42. The third-order valence-corrected chi connectivity index (χ3v) is 4.04. The molecular formula is C16H26N2O. The van der Waals surface area contributed by atoms with Crippen molar-refractivity contribution < 1.29 is 4.79 Å². The molecule has 0 aromatic heterocycles. The van der Waals surface area contributed by atoms with Crippen molar-refractivity contribution in [1.29, 1.82) is 0 Å². The molecule has 1 unspecified atom stereocenters. The van der Waals surface area contributed by atoms with Crippen LogP contribution >= 0.6 is 0 Å². The van der Waals surface area contributed by atoms with Gasteiger partial charge < -0.3 is 4.90 Å². The summed E-state index contributed by atoms with van der Waals surface area (Å²) in [4.78, 5) is 19.6. The summed E-state index contributed by atoms with van der Waals surface area (Å²) in [5.41, 5.74) is 2.23. The molecule has 1 atom stereocenters. The Morgan fingerprint density at radius 3 is 2.37 bits per heavy atom. The number of carbonyl (C=O) groups is 1. The Hall–Kier alpha value is -1.12. The van der Waals surface area contributed by atoms with Crippen LogP contribution in [0.25, 0.3) is 0 Å². The van der Waals surface area contributed by atoms with Gasteiger partial charge in [-0.25, -0.2) is 0 Å². The Morgan fingerprint density at radius 1 is 1.21 bits per heavy atom. The van der Waals surface area contributed by atoms with Gasteiger partial charge in [0.05, 0.1) is 5.92 Å². The molecule has 19 heavy (non-hydrogen) atoms. The van der Waals surface area contributed by atoms with Crippen LogP contribution < -0.4 is 0 Å². The smallest absolute Gasteiger partial charge is 0.230 e. The number of amides is 1. The van der Waals surface area contributed by atoms with Crippen LogP contribution in [0.1, 0.15) is 54.4 Å². The summed E-state index contributed by atoms with van der Waals surface area (Å²) in [5.74, 6) is 0.238. The second kappa shape index (κ2) is 4.46. The molecule has 2 heterocycles. The maximum atomic E-state index is 13.0. The van der Waals surface area contributed by atoms with Gasteiger partial charge in [0.1, 0.15) is 0 Å². The van der Waals surface area contributed by atoms with E-state index < -0.39 is 0 Å². The summed E-state index contributed by atoms with van der Waals surface area (Å²) in [7, 11) is 0. The van der Waals surface area contributed by atoms with Crippen molar-refractivity contribution in [3.05, 3.63) is 11.3 Å². The van der Waals surface area contributed by atoms with Crippen molar-refractivity contribution in [3.63, 3.8) is 0 Å². The number of carbonyl (C=O) groups excluding carboxylic acids is 1. The van der Waals surface area contributed by atoms with Crippen molar-refractivity contribution >= 4 is 12.1 Å². The zero-order chi connectivity index (χ0) is 14.4. The molecule has 2 rings (SSSR count). The largest absolute Gasteiger partial charge is 0.337 e. The Kier molecular flexibility index (Phi) is 3.36. The van der Waals surface area contributed by atoms with Gasteiger partial charge in [-0.3, -0.25) is 9.79 Å². The van der Waals surface area contributed by atoms with Gasteiger partial charge in [0, 0.05) is 36.8 Å². The molecule has 0 aliphatic carbocycles. The lowest BCUT2D eigenvalue weighted by Gasteiger charge is -2.40. The predicted molar refractivity (Wildman–Crippen MR) is 79.2 cm³/mol. The molecule has 0 saturated carbocycles. The van der Waals surface area contributed by atoms with Crippen molar-refractivity contribution in [2.24, 2.45) is 16.3 Å². The third kappa shape index (κ3) is 2.60. The fourth-order valence-electron chi connectivity index (χ4n) is 3.16. The quantitative estimate of drug-likeness (QED) is 0.658. The number of rotatable bonds is 0. The van der Waals surface area contributed by atoms with E-state index in [4.69, 9.17) is 0 Å². The second-order valence-corrected chi connectivity index (χ2v) is 7.70. The van der Waals surface area contributed by atoms with Crippen LogP contribution in [0.5, 0.6) is 0 Å². The number of hydrogen-bond donors (Lipinski definition) is 0. The van der Waals surface area contributed by atoms with Crippen LogP contribution in [0.2, 0.25) is 0 Å². The van der Waals surface area contributed by atoms with Gasteiger partial charge in [-0.05, 0) is 31.8 Å². The molecule has 2 aliphatic heterocycles. The first-order valence-electron chi connectivity index (χ1n) is 7.18. The monoisotopic (exact) mass is 262 g/mol. The minimum atomic E-state index is -0.121. The van der Waals surface area contributed by atoms with E-state index in [1.807, 2.05) is 11.1 Å². The molecule has 0 radical (unpaired) electrons. The molecule has 0 spiro atoms. The van der Waals surface area contributed by atoms with Gasteiger partial charge in [0.2, 0.25) is 5.91 Å². The Morgan fingerprint density at radius 2 is 1.84 bits per heavy atom. The van der Waals surface area contributed by atoms with Crippen LogP contribution in [-0.2, 0) is 4.79 Å². The molecule has 3 heteroatoms. The number of hydrogen-bond acceptors (Lipinski definition) is 2. The van der Waals surface area contributed by atoms with Gasteiger partial charge in [-0.2, -0.15) is 0 Å². The van der Waals surface area contributed by atoms with Gasteiger partial charge in [-0.15, -0.1) is 0 Å². The highest BCUT2D eigenvalue weighted by Gasteiger charge is 2.43. The fraction of sp³-hybridized carbons (Fsp3) is 0.750. The fourth-order valence-corrected chi connectivity index (χ4v) is 3.16. The molecular weight excluding hydrogens is 236 g/mol. The summed E-state index contributed by atoms with van der Waals surface area (Å²) < 4.78 is 0. The van der Waals surface area contributed by atoms with E-state index in [0.29, 0.717) is 0 Å². The molecule has 0 fully saturated rings. The normalized spacial score (nSPS) is 24.8. The average Bonchev–Trinajstić information content (AvgIpc) is 2.57. The molecule has 3 nitrogen and oxygen atoms in total. The second-order valence-electron chi connectivity index (χ2n) is 7.70. The summed E-state index contributed by atoms with van der Waals surface area (Å²) in [5, 5.41) is 0. The molecule has 0 aromatic rings.